The Morgan fingerprint density at radius 2 is 1.78 bits per heavy atom. The fourth-order valence-electron chi connectivity index (χ4n) is 3.51. The maximum atomic E-state index is 14.2. The van der Waals surface area contributed by atoms with Gasteiger partial charge in [0.2, 0.25) is 5.43 Å². The average Bonchev–Trinajstić information content (AvgIpc) is 3.10. The molecule has 2 heterocycles. The van der Waals surface area contributed by atoms with Crippen LogP contribution < -0.4 is 5.43 Å². The molecule has 32 heavy (non-hydrogen) atoms. The van der Waals surface area contributed by atoms with Crippen LogP contribution in [-0.2, 0) is 6.54 Å². The van der Waals surface area contributed by atoms with E-state index in [2.05, 4.69) is 0 Å². The Morgan fingerprint density at radius 3 is 2.34 bits per heavy atom. The number of benzene rings is 2. The van der Waals surface area contributed by atoms with Gasteiger partial charge < -0.3 is 9.67 Å². The number of aromatic nitrogens is 1. The van der Waals surface area contributed by atoms with Gasteiger partial charge in [-0.3, -0.25) is 14.9 Å². The fourth-order valence-corrected chi connectivity index (χ4v) is 4.79. The second-order valence-electron chi connectivity index (χ2n) is 7.05. The summed E-state index contributed by atoms with van der Waals surface area (Å²) in [6.07, 6.45) is 1.08. The molecule has 10 heteroatoms. The standard InChI is InChI=1S/C22H14F2N2O5S/c1-11-18-19(27)15(22(28)29)10-25(9-14-16(23)3-2-4-17(14)24)21(18)32-20(11)12-5-7-13(8-6-12)26(30)31/h2-8,10H,9H2,1H3,(H,28,29). The van der Waals surface area contributed by atoms with Gasteiger partial charge in [-0.25, -0.2) is 13.6 Å². The summed E-state index contributed by atoms with van der Waals surface area (Å²) in [6, 6.07) is 9.11. The Kier molecular flexibility index (Phi) is 5.31. The largest absolute Gasteiger partial charge is 0.477 e. The molecule has 2 aromatic heterocycles. The van der Waals surface area contributed by atoms with Crippen LogP contribution in [-0.4, -0.2) is 20.6 Å². The number of carboxylic acids is 1. The fraction of sp³-hybridized carbons (Fsp3) is 0.0909. The van der Waals surface area contributed by atoms with Crippen molar-refractivity contribution in [1.82, 2.24) is 4.57 Å². The quantitative estimate of drug-likeness (QED) is 0.337. The van der Waals surface area contributed by atoms with E-state index in [1.807, 2.05) is 0 Å². The number of nitro benzene ring substituents is 1. The minimum atomic E-state index is -1.46. The number of carboxylic acid groups (broad SMARTS) is 1. The van der Waals surface area contributed by atoms with Crippen molar-refractivity contribution in [3.05, 3.63) is 97.3 Å². The first kappa shape index (κ1) is 21.3. The first-order chi connectivity index (χ1) is 15.2. The second-order valence-corrected chi connectivity index (χ2v) is 8.04. The zero-order chi connectivity index (χ0) is 23.2. The van der Waals surface area contributed by atoms with Crippen molar-refractivity contribution in [1.29, 1.82) is 0 Å². The third-order valence-electron chi connectivity index (χ3n) is 5.11. The van der Waals surface area contributed by atoms with Gasteiger partial charge in [0, 0.05) is 28.8 Å². The molecule has 0 spiro atoms. The molecule has 0 bridgehead atoms. The van der Waals surface area contributed by atoms with E-state index in [0.29, 0.717) is 20.8 Å². The second kappa shape index (κ2) is 7.97. The summed E-state index contributed by atoms with van der Waals surface area (Å²) >= 11 is 1.14. The Hall–Kier alpha value is -3.92. The van der Waals surface area contributed by atoms with Crippen LogP contribution in [0.5, 0.6) is 0 Å². The number of hydrogen-bond donors (Lipinski definition) is 1. The van der Waals surface area contributed by atoms with Crippen molar-refractivity contribution in [3.8, 4) is 10.4 Å². The molecule has 0 unspecified atom stereocenters. The van der Waals surface area contributed by atoms with Crippen LogP contribution in [0, 0.1) is 28.7 Å². The number of pyridine rings is 1. The number of aryl methyl sites for hydroxylation is 1. The maximum absolute atomic E-state index is 14.2. The first-order valence-corrected chi connectivity index (χ1v) is 10.1. The molecule has 0 saturated carbocycles. The van der Waals surface area contributed by atoms with E-state index < -0.39 is 33.5 Å². The lowest BCUT2D eigenvalue weighted by molar-refractivity contribution is -0.384. The zero-order valence-corrected chi connectivity index (χ0v) is 17.3. The lowest BCUT2D eigenvalue weighted by Crippen LogP contribution is -2.19. The van der Waals surface area contributed by atoms with Gasteiger partial charge in [0.15, 0.2) is 0 Å². The normalized spacial score (nSPS) is 11.1. The number of halogens is 2. The zero-order valence-electron chi connectivity index (χ0n) is 16.5. The summed E-state index contributed by atoms with van der Waals surface area (Å²) in [5.74, 6) is -3.04. The van der Waals surface area contributed by atoms with Crippen LogP contribution in [0.3, 0.4) is 0 Å². The highest BCUT2D eigenvalue weighted by atomic mass is 32.1. The number of fused-ring (bicyclic) bond motifs is 1. The molecule has 162 valence electrons. The number of rotatable bonds is 5. The van der Waals surface area contributed by atoms with E-state index in [4.69, 9.17) is 0 Å². The van der Waals surface area contributed by atoms with E-state index in [0.717, 1.165) is 29.7 Å². The van der Waals surface area contributed by atoms with Gasteiger partial charge in [0.25, 0.3) is 5.69 Å². The molecule has 1 N–H and O–H groups in total. The van der Waals surface area contributed by atoms with Crippen LogP contribution in [0.2, 0.25) is 0 Å². The number of carbonyl (C=O) groups is 1. The molecule has 0 aliphatic heterocycles. The Morgan fingerprint density at radius 1 is 1.16 bits per heavy atom. The summed E-state index contributed by atoms with van der Waals surface area (Å²) in [6.45, 7) is 1.31. The number of non-ortho nitro benzene ring substituents is 1. The Bertz CT molecular complexity index is 1440. The predicted molar refractivity (Wildman–Crippen MR) is 115 cm³/mol. The molecule has 4 rings (SSSR count). The number of nitro groups is 1. The molecule has 0 saturated heterocycles. The first-order valence-electron chi connectivity index (χ1n) is 9.26. The summed E-state index contributed by atoms with van der Waals surface area (Å²) < 4.78 is 29.8. The highest BCUT2D eigenvalue weighted by molar-refractivity contribution is 7.22. The molecule has 7 nitrogen and oxygen atoms in total. The van der Waals surface area contributed by atoms with Crippen molar-refractivity contribution in [3.63, 3.8) is 0 Å². The van der Waals surface area contributed by atoms with Gasteiger partial charge in [-0.05, 0) is 42.3 Å². The number of hydrogen-bond acceptors (Lipinski definition) is 5. The Labute approximate surface area is 182 Å². The van der Waals surface area contributed by atoms with Crippen LogP contribution >= 0.6 is 11.3 Å². The van der Waals surface area contributed by atoms with Crippen molar-refractivity contribution in [2.45, 2.75) is 13.5 Å². The molecule has 0 amide bonds. The van der Waals surface area contributed by atoms with Crippen molar-refractivity contribution in [2.75, 3.05) is 0 Å². The van der Waals surface area contributed by atoms with Gasteiger partial charge >= 0.3 is 5.97 Å². The van der Waals surface area contributed by atoms with Crippen molar-refractivity contribution < 1.29 is 23.6 Å². The maximum Gasteiger partial charge on any atom is 0.341 e. The predicted octanol–water partition coefficient (Wildman–Crippen LogP) is 4.97. The summed E-state index contributed by atoms with van der Waals surface area (Å²) in [5.41, 5.74) is -0.527. The molecular weight excluding hydrogens is 442 g/mol. The van der Waals surface area contributed by atoms with Crippen LogP contribution in [0.1, 0.15) is 21.5 Å². The van der Waals surface area contributed by atoms with Crippen molar-refractivity contribution >= 4 is 33.2 Å². The van der Waals surface area contributed by atoms with E-state index in [1.54, 1.807) is 6.92 Å². The van der Waals surface area contributed by atoms with E-state index >= 15 is 0 Å². The Balaban J connectivity index is 1.97. The third kappa shape index (κ3) is 3.54. The van der Waals surface area contributed by atoms with Gasteiger partial charge in [-0.2, -0.15) is 0 Å². The summed E-state index contributed by atoms with van der Waals surface area (Å²) in [7, 11) is 0. The van der Waals surface area contributed by atoms with Gasteiger partial charge in [0.1, 0.15) is 22.0 Å². The summed E-state index contributed by atoms with van der Waals surface area (Å²) in [5, 5.41) is 20.5. The minimum absolute atomic E-state index is 0.102. The molecule has 2 aromatic carbocycles. The molecule has 0 aliphatic carbocycles. The molecule has 0 fully saturated rings. The number of thiophene rings is 1. The van der Waals surface area contributed by atoms with Crippen molar-refractivity contribution in [2.24, 2.45) is 0 Å². The SMILES string of the molecule is Cc1c(-c2ccc([N+](=O)[O-])cc2)sc2c1c(=O)c(C(=O)O)cn2Cc1c(F)cccc1F. The van der Waals surface area contributed by atoms with Crippen LogP contribution in [0.4, 0.5) is 14.5 Å². The molecule has 0 atom stereocenters. The monoisotopic (exact) mass is 456 g/mol. The van der Waals surface area contributed by atoms with Gasteiger partial charge in [-0.1, -0.05) is 6.07 Å². The average molecular weight is 456 g/mol. The third-order valence-corrected chi connectivity index (χ3v) is 6.48. The molecular formula is C22H14F2N2O5S. The number of aromatic carboxylic acids is 1. The van der Waals surface area contributed by atoms with E-state index in [-0.39, 0.29) is 23.2 Å². The number of nitrogens with zero attached hydrogens (tertiary/aromatic N) is 2. The summed E-state index contributed by atoms with van der Waals surface area (Å²) in [4.78, 5) is 35.9. The van der Waals surface area contributed by atoms with Crippen LogP contribution in [0.25, 0.3) is 20.7 Å². The molecule has 4 aromatic rings. The molecule has 0 radical (unpaired) electrons. The van der Waals surface area contributed by atoms with Crippen LogP contribution in [0.15, 0.2) is 53.5 Å². The topological polar surface area (TPSA) is 102 Å². The smallest absolute Gasteiger partial charge is 0.341 e. The highest BCUT2D eigenvalue weighted by Gasteiger charge is 2.22. The van der Waals surface area contributed by atoms with Gasteiger partial charge in [-0.15, -0.1) is 11.3 Å². The minimum Gasteiger partial charge on any atom is -0.477 e. The lowest BCUT2D eigenvalue weighted by Gasteiger charge is -2.11. The molecule has 0 aliphatic rings. The van der Waals surface area contributed by atoms with E-state index in [9.17, 15) is 33.6 Å². The highest BCUT2D eigenvalue weighted by Crippen LogP contribution is 2.38. The lowest BCUT2D eigenvalue weighted by atomic mass is 10.1. The van der Waals surface area contributed by atoms with E-state index in [1.165, 1.54) is 34.9 Å². The van der Waals surface area contributed by atoms with Gasteiger partial charge in [0.05, 0.1) is 16.9 Å².